The van der Waals surface area contributed by atoms with E-state index in [0.717, 1.165) is 23.6 Å². The fraction of sp³-hybridized carbons (Fsp3) is 0.176. The van der Waals surface area contributed by atoms with Gasteiger partial charge in [0.15, 0.2) is 0 Å². The maximum absolute atomic E-state index is 5.77. The molecule has 4 nitrogen and oxygen atoms in total. The Balaban J connectivity index is 1.67. The van der Waals surface area contributed by atoms with Crippen molar-refractivity contribution in [2.75, 3.05) is 0 Å². The molecule has 3 rings (SSSR count). The van der Waals surface area contributed by atoms with Crippen LogP contribution >= 0.6 is 0 Å². The van der Waals surface area contributed by atoms with Crippen LogP contribution in [-0.4, -0.2) is 15.0 Å². The van der Waals surface area contributed by atoms with Crippen molar-refractivity contribution in [2.24, 2.45) is 0 Å². The van der Waals surface area contributed by atoms with Gasteiger partial charge in [-0.2, -0.15) is 0 Å². The van der Waals surface area contributed by atoms with Crippen molar-refractivity contribution in [1.82, 2.24) is 15.0 Å². The Bertz CT molecular complexity index is 707. The number of benzene rings is 2. The second kappa shape index (κ2) is 6.22. The largest absolute Gasteiger partial charge is 0.487 e. The summed E-state index contributed by atoms with van der Waals surface area (Å²) in [5.74, 6) is 0.864. The predicted octanol–water partition coefficient (Wildman–Crippen LogP) is 3.41. The molecule has 0 amide bonds. The highest BCUT2D eigenvalue weighted by atomic mass is 16.5. The van der Waals surface area contributed by atoms with Crippen LogP contribution in [0.3, 0.4) is 0 Å². The summed E-state index contributed by atoms with van der Waals surface area (Å²) in [7, 11) is 0. The van der Waals surface area contributed by atoms with Gasteiger partial charge in [0, 0.05) is 0 Å². The Morgan fingerprint density at radius 2 is 1.90 bits per heavy atom. The van der Waals surface area contributed by atoms with Crippen molar-refractivity contribution in [2.45, 2.75) is 20.0 Å². The van der Waals surface area contributed by atoms with E-state index in [1.54, 1.807) is 4.68 Å². The first-order valence-electron chi connectivity index (χ1n) is 7.03. The van der Waals surface area contributed by atoms with Crippen LogP contribution in [-0.2, 0) is 13.0 Å². The smallest absolute Gasteiger partial charge is 0.134 e. The standard InChI is InChI=1S/C17H17N3O/c1-2-14-7-6-10-17(11-14)21-13-15-12-20(19-18-15)16-8-4-3-5-9-16/h3-12H,2,13H2,1H3. The second-order valence-electron chi connectivity index (χ2n) is 4.78. The molecule has 0 aliphatic heterocycles. The molecule has 2 aromatic carbocycles. The molecule has 0 bridgehead atoms. The molecule has 0 radical (unpaired) electrons. The molecule has 0 aliphatic carbocycles. The van der Waals surface area contributed by atoms with Crippen molar-refractivity contribution in [1.29, 1.82) is 0 Å². The van der Waals surface area contributed by atoms with Crippen LogP contribution < -0.4 is 4.74 Å². The van der Waals surface area contributed by atoms with E-state index in [1.807, 2.05) is 48.7 Å². The van der Waals surface area contributed by atoms with Crippen molar-refractivity contribution in [3.05, 3.63) is 72.1 Å². The molecule has 21 heavy (non-hydrogen) atoms. The minimum Gasteiger partial charge on any atom is -0.487 e. The van der Waals surface area contributed by atoms with Crippen LogP contribution in [0.2, 0.25) is 0 Å². The molecule has 1 aromatic heterocycles. The van der Waals surface area contributed by atoms with Gasteiger partial charge in [0.05, 0.1) is 11.9 Å². The summed E-state index contributed by atoms with van der Waals surface area (Å²) in [5, 5.41) is 8.26. The fourth-order valence-corrected chi connectivity index (χ4v) is 2.08. The maximum Gasteiger partial charge on any atom is 0.134 e. The van der Waals surface area contributed by atoms with Gasteiger partial charge < -0.3 is 4.74 Å². The molecule has 1 heterocycles. The van der Waals surface area contributed by atoms with E-state index in [4.69, 9.17) is 4.74 Å². The topological polar surface area (TPSA) is 39.9 Å². The fourth-order valence-electron chi connectivity index (χ4n) is 2.08. The van der Waals surface area contributed by atoms with Gasteiger partial charge in [0.2, 0.25) is 0 Å². The molecule has 3 aromatic rings. The molecular weight excluding hydrogens is 262 g/mol. The molecule has 0 aliphatic rings. The average Bonchev–Trinajstić information content (AvgIpc) is 3.03. The lowest BCUT2D eigenvalue weighted by Gasteiger charge is -2.05. The van der Waals surface area contributed by atoms with Gasteiger partial charge >= 0.3 is 0 Å². The summed E-state index contributed by atoms with van der Waals surface area (Å²) in [5.41, 5.74) is 3.06. The van der Waals surface area contributed by atoms with Crippen LogP contribution in [0.25, 0.3) is 5.69 Å². The highest BCUT2D eigenvalue weighted by Gasteiger charge is 2.03. The van der Waals surface area contributed by atoms with Gasteiger partial charge in [-0.25, -0.2) is 4.68 Å². The molecule has 0 N–H and O–H groups in total. The zero-order valence-corrected chi connectivity index (χ0v) is 11.9. The minimum absolute atomic E-state index is 0.417. The number of hydrogen-bond acceptors (Lipinski definition) is 3. The first-order chi connectivity index (χ1) is 10.3. The SMILES string of the molecule is CCc1cccc(OCc2cn(-c3ccccc3)nn2)c1. The molecule has 106 valence electrons. The van der Waals surface area contributed by atoms with E-state index in [2.05, 4.69) is 29.4 Å². The number of para-hydroxylation sites is 1. The second-order valence-corrected chi connectivity index (χ2v) is 4.78. The van der Waals surface area contributed by atoms with Gasteiger partial charge in [-0.05, 0) is 36.2 Å². The van der Waals surface area contributed by atoms with E-state index in [-0.39, 0.29) is 0 Å². The van der Waals surface area contributed by atoms with Gasteiger partial charge in [-0.15, -0.1) is 5.10 Å². The summed E-state index contributed by atoms with van der Waals surface area (Å²) in [6, 6.07) is 18.0. The summed E-state index contributed by atoms with van der Waals surface area (Å²) < 4.78 is 7.52. The predicted molar refractivity (Wildman–Crippen MR) is 81.5 cm³/mol. The Kier molecular flexibility index (Phi) is 3.96. The summed E-state index contributed by atoms with van der Waals surface area (Å²) in [4.78, 5) is 0. The number of hydrogen-bond donors (Lipinski definition) is 0. The quantitative estimate of drug-likeness (QED) is 0.718. The monoisotopic (exact) mass is 279 g/mol. The Labute approximate surface area is 124 Å². The highest BCUT2D eigenvalue weighted by molar-refractivity contribution is 5.30. The van der Waals surface area contributed by atoms with Crippen LogP contribution in [0.4, 0.5) is 0 Å². The zero-order chi connectivity index (χ0) is 14.5. The lowest BCUT2D eigenvalue weighted by atomic mass is 10.2. The number of ether oxygens (including phenoxy) is 1. The van der Waals surface area contributed by atoms with E-state index >= 15 is 0 Å². The molecule has 4 heteroatoms. The van der Waals surface area contributed by atoms with Gasteiger partial charge in [-0.1, -0.05) is 42.5 Å². The van der Waals surface area contributed by atoms with E-state index in [1.165, 1.54) is 5.56 Å². The number of aromatic nitrogens is 3. The first-order valence-corrected chi connectivity index (χ1v) is 7.03. The van der Waals surface area contributed by atoms with Gasteiger partial charge in [0.1, 0.15) is 18.1 Å². The third-order valence-corrected chi connectivity index (χ3v) is 3.25. The maximum atomic E-state index is 5.77. The third kappa shape index (κ3) is 3.28. The van der Waals surface area contributed by atoms with Crippen LogP contribution in [0.15, 0.2) is 60.8 Å². The van der Waals surface area contributed by atoms with E-state index in [9.17, 15) is 0 Å². The van der Waals surface area contributed by atoms with Crippen molar-refractivity contribution in [3.63, 3.8) is 0 Å². The van der Waals surface area contributed by atoms with E-state index < -0.39 is 0 Å². The third-order valence-electron chi connectivity index (χ3n) is 3.25. The zero-order valence-electron chi connectivity index (χ0n) is 11.9. The number of rotatable bonds is 5. The van der Waals surface area contributed by atoms with Crippen molar-refractivity contribution >= 4 is 0 Å². The Morgan fingerprint density at radius 3 is 2.71 bits per heavy atom. The summed E-state index contributed by atoms with van der Waals surface area (Å²) >= 11 is 0. The number of nitrogens with zero attached hydrogens (tertiary/aromatic N) is 3. The molecule has 0 spiro atoms. The molecule has 0 unspecified atom stereocenters. The Morgan fingerprint density at radius 1 is 1.05 bits per heavy atom. The van der Waals surface area contributed by atoms with Crippen LogP contribution in [0, 0.1) is 0 Å². The summed E-state index contributed by atoms with van der Waals surface area (Å²) in [6.07, 6.45) is 2.89. The molecule has 0 atom stereocenters. The normalized spacial score (nSPS) is 10.5. The summed E-state index contributed by atoms with van der Waals surface area (Å²) in [6.45, 7) is 2.55. The van der Waals surface area contributed by atoms with Gasteiger partial charge in [0.25, 0.3) is 0 Å². The van der Waals surface area contributed by atoms with Crippen LogP contribution in [0.5, 0.6) is 5.75 Å². The van der Waals surface area contributed by atoms with Crippen molar-refractivity contribution < 1.29 is 4.74 Å². The molecule has 0 fully saturated rings. The minimum atomic E-state index is 0.417. The highest BCUT2D eigenvalue weighted by Crippen LogP contribution is 2.15. The van der Waals surface area contributed by atoms with Gasteiger partial charge in [-0.3, -0.25) is 0 Å². The van der Waals surface area contributed by atoms with E-state index in [0.29, 0.717) is 6.61 Å². The molecule has 0 saturated carbocycles. The van der Waals surface area contributed by atoms with Crippen LogP contribution in [0.1, 0.15) is 18.2 Å². The number of aryl methyl sites for hydroxylation is 1. The lowest BCUT2D eigenvalue weighted by molar-refractivity contribution is 0.301. The molecular formula is C17H17N3O. The average molecular weight is 279 g/mol. The molecule has 0 saturated heterocycles. The first kappa shape index (κ1) is 13.4. The van der Waals surface area contributed by atoms with Crippen molar-refractivity contribution in [3.8, 4) is 11.4 Å². The lowest BCUT2D eigenvalue weighted by Crippen LogP contribution is -1.96. The Hall–Kier alpha value is -2.62.